The first kappa shape index (κ1) is 17.8. The Balaban J connectivity index is 2.92. The van der Waals surface area contributed by atoms with Gasteiger partial charge in [-0.05, 0) is 30.0 Å². The predicted molar refractivity (Wildman–Crippen MR) is 88.7 cm³/mol. The molecule has 0 aromatic heterocycles. The van der Waals surface area contributed by atoms with Gasteiger partial charge in [-0.15, -0.1) is 0 Å². The molecule has 21 heavy (non-hydrogen) atoms. The van der Waals surface area contributed by atoms with E-state index < -0.39 is 0 Å². The van der Waals surface area contributed by atoms with Crippen LogP contribution in [0.3, 0.4) is 0 Å². The zero-order valence-electron chi connectivity index (χ0n) is 13.3. The van der Waals surface area contributed by atoms with Gasteiger partial charge < -0.3 is 14.8 Å². The standard InChI is InChI=1S/C16H24BrNO3/c1-16(2,3)14(8-9-17)18-15(19)11-6-7-12(20-4)13(10-11)21-5/h6-7,10,14H,8-9H2,1-5H3,(H,18,19). The average molecular weight is 358 g/mol. The molecular formula is C16H24BrNO3. The molecule has 1 aromatic rings. The van der Waals surface area contributed by atoms with E-state index in [4.69, 9.17) is 9.47 Å². The number of amides is 1. The first-order valence-electron chi connectivity index (χ1n) is 6.92. The Hall–Kier alpha value is -1.23. The molecule has 5 heteroatoms. The molecule has 1 N–H and O–H groups in total. The second-order valence-corrected chi connectivity index (χ2v) is 6.73. The van der Waals surface area contributed by atoms with Crippen molar-refractivity contribution in [3.63, 3.8) is 0 Å². The van der Waals surface area contributed by atoms with E-state index in [1.807, 2.05) is 0 Å². The van der Waals surface area contributed by atoms with E-state index in [1.54, 1.807) is 32.4 Å². The van der Waals surface area contributed by atoms with Gasteiger partial charge in [0.15, 0.2) is 11.5 Å². The first-order valence-corrected chi connectivity index (χ1v) is 8.04. The number of halogens is 1. The summed E-state index contributed by atoms with van der Waals surface area (Å²) in [6.45, 7) is 6.36. The van der Waals surface area contributed by atoms with Gasteiger partial charge >= 0.3 is 0 Å². The van der Waals surface area contributed by atoms with E-state index in [1.165, 1.54) is 0 Å². The van der Waals surface area contributed by atoms with Crippen molar-refractivity contribution < 1.29 is 14.3 Å². The lowest BCUT2D eigenvalue weighted by atomic mass is 9.85. The smallest absolute Gasteiger partial charge is 0.251 e. The van der Waals surface area contributed by atoms with Crippen LogP contribution < -0.4 is 14.8 Å². The largest absolute Gasteiger partial charge is 0.493 e. The molecule has 0 aliphatic heterocycles. The molecule has 0 aliphatic rings. The lowest BCUT2D eigenvalue weighted by Gasteiger charge is -2.31. The lowest BCUT2D eigenvalue weighted by molar-refractivity contribution is 0.0900. The zero-order valence-corrected chi connectivity index (χ0v) is 14.9. The molecule has 0 bridgehead atoms. The van der Waals surface area contributed by atoms with Crippen LogP contribution in [0.2, 0.25) is 0 Å². The second kappa shape index (κ2) is 7.69. The van der Waals surface area contributed by atoms with Crippen LogP contribution in [-0.2, 0) is 0 Å². The highest BCUT2D eigenvalue weighted by Crippen LogP contribution is 2.28. The van der Waals surface area contributed by atoms with Crippen LogP contribution in [0, 0.1) is 5.41 Å². The summed E-state index contributed by atoms with van der Waals surface area (Å²) < 4.78 is 10.4. The van der Waals surface area contributed by atoms with Crippen LogP contribution in [0.15, 0.2) is 18.2 Å². The van der Waals surface area contributed by atoms with Crippen molar-refractivity contribution in [2.24, 2.45) is 5.41 Å². The van der Waals surface area contributed by atoms with Crippen molar-refractivity contribution in [3.8, 4) is 11.5 Å². The number of rotatable bonds is 6. The molecule has 0 heterocycles. The molecule has 1 atom stereocenters. The topological polar surface area (TPSA) is 47.6 Å². The van der Waals surface area contributed by atoms with Gasteiger partial charge in [0.1, 0.15) is 0 Å². The molecule has 1 aromatic carbocycles. The van der Waals surface area contributed by atoms with E-state index in [-0.39, 0.29) is 17.4 Å². The summed E-state index contributed by atoms with van der Waals surface area (Å²) in [4.78, 5) is 12.4. The molecule has 0 spiro atoms. The zero-order chi connectivity index (χ0) is 16.0. The highest BCUT2D eigenvalue weighted by molar-refractivity contribution is 9.09. The molecule has 1 rings (SSSR count). The van der Waals surface area contributed by atoms with Gasteiger partial charge in [0.2, 0.25) is 0 Å². The van der Waals surface area contributed by atoms with Crippen LogP contribution in [0.4, 0.5) is 0 Å². The molecule has 118 valence electrons. The summed E-state index contributed by atoms with van der Waals surface area (Å²) in [5, 5.41) is 3.95. The number of hydrogen-bond donors (Lipinski definition) is 1. The third kappa shape index (κ3) is 4.92. The normalized spacial score (nSPS) is 12.7. The van der Waals surface area contributed by atoms with E-state index in [0.29, 0.717) is 17.1 Å². The molecule has 0 saturated heterocycles. The highest BCUT2D eigenvalue weighted by Gasteiger charge is 2.26. The molecule has 0 fully saturated rings. The van der Waals surface area contributed by atoms with Gasteiger partial charge in [0.25, 0.3) is 5.91 Å². The predicted octanol–water partition coefficient (Wildman–Crippen LogP) is 3.63. The number of nitrogens with one attached hydrogen (secondary N) is 1. The molecule has 0 radical (unpaired) electrons. The molecule has 4 nitrogen and oxygen atoms in total. The summed E-state index contributed by atoms with van der Waals surface area (Å²) >= 11 is 3.44. The van der Waals surface area contributed by atoms with Crippen molar-refractivity contribution >= 4 is 21.8 Å². The molecule has 1 amide bonds. The Kier molecular flexibility index (Phi) is 6.52. The molecule has 0 aliphatic carbocycles. The van der Waals surface area contributed by atoms with Crippen molar-refractivity contribution in [2.45, 2.75) is 33.2 Å². The van der Waals surface area contributed by atoms with Gasteiger partial charge in [-0.2, -0.15) is 0 Å². The summed E-state index contributed by atoms with van der Waals surface area (Å²) in [7, 11) is 3.13. The van der Waals surface area contributed by atoms with Crippen LogP contribution in [-0.4, -0.2) is 31.5 Å². The van der Waals surface area contributed by atoms with Gasteiger partial charge in [0, 0.05) is 16.9 Å². The van der Waals surface area contributed by atoms with Gasteiger partial charge in [-0.1, -0.05) is 36.7 Å². The Morgan fingerprint density at radius 1 is 1.24 bits per heavy atom. The van der Waals surface area contributed by atoms with Gasteiger partial charge in [-0.3, -0.25) is 4.79 Å². The third-order valence-electron chi connectivity index (χ3n) is 3.39. The first-order chi connectivity index (χ1) is 9.83. The number of carbonyl (C=O) groups excluding carboxylic acids is 1. The number of benzene rings is 1. The fraction of sp³-hybridized carbons (Fsp3) is 0.562. The number of methoxy groups -OCH3 is 2. The highest BCUT2D eigenvalue weighted by atomic mass is 79.9. The quantitative estimate of drug-likeness (QED) is 0.790. The fourth-order valence-electron chi connectivity index (χ4n) is 2.05. The van der Waals surface area contributed by atoms with Crippen molar-refractivity contribution in [1.29, 1.82) is 0 Å². The molecule has 0 saturated carbocycles. The monoisotopic (exact) mass is 357 g/mol. The minimum Gasteiger partial charge on any atom is -0.493 e. The van der Waals surface area contributed by atoms with Crippen molar-refractivity contribution in [2.75, 3.05) is 19.5 Å². The second-order valence-electron chi connectivity index (χ2n) is 5.94. The maximum absolute atomic E-state index is 12.4. The van der Waals surface area contributed by atoms with Crippen LogP contribution in [0.5, 0.6) is 11.5 Å². The molecule has 1 unspecified atom stereocenters. The summed E-state index contributed by atoms with van der Waals surface area (Å²) in [6.07, 6.45) is 0.878. The minimum atomic E-state index is -0.100. The van der Waals surface area contributed by atoms with Crippen molar-refractivity contribution in [1.82, 2.24) is 5.32 Å². The van der Waals surface area contributed by atoms with Crippen LogP contribution >= 0.6 is 15.9 Å². The van der Waals surface area contributed by atoms with Crippen LogP contribution in [0.25, 0.3) is 0 Å². The van der Waals surface area contributed by atoms with Gasteiger partial charge in [-0.25, -0.2) is 0 Å². The van der Waals surface area contributed by atoms with Gasteiger partial charge in [0.05, 0.1) is 14.2 Å². The minimum absolute atomic E-state index is 0.0000132. The van der Waals surface area contributed by atoms with Crippen molar-refractivity contribution in [3.05, 3.63) is 23.8 Å². The lowest BCUT2D eigenvalue weighted by Crippen LogP contribution is -2.44. The Morgan fingerprint density at radius 2 is 1.86 bits per heavy atom. The Labute approximate surface area is 135 Å². The third-order valence-corrected chi connectivity index (χ3v) is 3.85. The number of ether oxygens (including phenoxy) is 2. The Morgan fingerprint density at radius 3 is 2.33 bits per heavy atom. The van der Waals surface area contributed by atoms with E-state index in [9.17, 15) is 4.79 Å². The van der Waals surface area contributed by atoms with Crippen LogP contribution in [0.1, 0.15) is 37.6 Å². The number of alkyl halides is 1. The summed E-state index contributed by atoms with van der Waals surface area (Å²) in [6, 6.07) is 5.27. The van der Waals surface area contributed by atoms with E-state index in [2.05, 4.69) is 42.0 Å². The fourth-order valence-corrected chi connectivity index (χ4v) is 2.51. The SMILES string of the molecule is COc1ccc(C(=O)NC(CCBr)C(C)(C)C)cc1OC. The summed E-state index contributed by atoms with van der Waals surface area (Å²) in [5.74, 6) is 1.07. The maximum Gasteiger partial charge on any atom is 0.251 e. The summed E-state index contributed by atoms with van der Waals surface area (Å²) in [5.41, 5.74) is 0.566. The molecular weight excluding hydrogens is 334 g/mol. The maximum atomic E-state index is 12.4. The average Bonchev–Trinajstić information content (AvgIpc) is 2.44. The van der Waals surface area contributed by atoms with E-state index in [0.717, 1.165) is 11.8 Å². The van der Waals surface area contributed by atoms with E-state index >= 15 is 0 Å². The number of carbonyl (C=O) groups is 1. The number of hydrogen-bond acceptors (Lipinski definition) is 3. The Bertz CT molecular complexity index is 483.